The molecule has 92 valence electrons. The van der Waals surface area contributed by atoms with Crippen molar-refractivity contribution in [1.82, 2.24) is 10.3 Å². The van der Waals surface area contributed by atoms with Gasteiger partial charge >= 0.3 is 0 Å². The van der Waals surface area contributed by atoms with E-state index in [2.05, 4.69) is 10.3 Å². The van der Waals surface area contributed by atoms with Crippen LogP contribution in [-0.2, 0) is 0 Å². The molecular formula is C14H20N2O. The van der Waals surface area contributed by atoms with E-state index in [4.69, 9.17) is 0 Å². The van der Waals surface area contributed by atoms with Crippen molar-refractivity contribution < 1.29 is 4.79 Å². The molecule has 0 aliphatic heterocycles. The summed E-state index contributed by atoms with van der Waals surface area (Å²) in [6.45, 7) is 0.770. The topological polar surface area (TPSA) is 42.0 Å². The summed E-state index contributed by atoms with van der Waals surface area (Å²) in [4.78, 5) is 15.7. The molecule has 3 nitrogen and oxygen atoms in total. The van der Waals surface area contributed by atoms with Crippen LogP contribution < -0.4 is 5.32 Å². The second-order valence-electron chi connectivity index (χ2n) is 4.76. The van der Waals surface area contributed by atoms with Gasteiger partial charge in [0.2, 0.25) is 0 Å². The largest absolute Gasteiger partial charge is 0.351 e. The van der Waals surface area contributed by atoms with Crippen molar-refractivity contribution in [2.45, 2.75) is 38.5 Å². The molecule has 1 aliphatic rings. The Hall–Kier alpha value is -1.38. The van der Waals surface area contributed by atoms with Gasteiger partial charge in [0.1, 0.15) is 5.69 Å². The molecule has 0 radical (unpaired) electrons. The van der Waals surface area contributed by atoms with Crippen LogP contribution >= 0.6 is 0 Å². The molecule has 1 fully saturated rings. The Morgan fingerprint density at radius 2 is 2.18 bits per heavy atom. The minimum Gasteiger partial charge on any atom is -0.351 e. The Morgan fingerprint density at radius 1 is 1.35 bits per heavy atom. The van der Waals surface area contributed by atoms with E-state index in [9.17, 15) is 4.79 Å². The van der Waals surface area contributed by atoms with Crippen molar-refractivity contribution in [3.05, 3.63) is 30.1 Å². The fourth-order valence-corrected chi connectivity index (χ4v) is 2.48. The molecule has 1 heterocycles. The molecule has 0 spiro atoms. The summed E-state index contributed by atoms with van der Waals surface area (Å²) in [5, 5.41) is 2.92. The summed E-state index contributed by atoms with van der Waals surface area (Å²) in [7, 11) is 0. The van der Waals surface area contributed by atoms with Gasteiger partial charge in [0.05, 0.1) is 0 Å². The number of hydrogen-bond acceptors (Lipinski definition) is 2. The first kappa shape index (κ1) is 12.1. The summed E-state index contributed by atoms with van der Waals surface area (Å²) >= 11 is 0. The van der Waals surface area contributed by atoms with Crippen LogP contribution in [0, 0.1) is 5.92 Å². The Morgan fingerprint density at radius 3 is 2.88 bits per heavy atom. The zero-order chi connectivity index (χ0) is 11.9. The Labute approximate surface area is 103 Å². The monoisotopic (exact) mass is 232 g/mol. The van der Waals surface area contributed by atoms with E-state index >= 15 is 0 Å². The lowest BCUT2D eigenvalue weighted by molar-refractivity contribution is 0.0947. The number of nitrogens with one attached hydrogen (secondary N) is 1. The third-order valence-corrected chi connectivity index (χ3v) is 3.45. The van der Waals surface area contributed by atoms with Crippen LogP contribution in [0.2, 0.25) is 0 Å². The fourth-order valence-electron chi connectivity index (χ4n) is 2.48. The normalized spacial score (nSPS) is 16.0. The quantitative estimate of drug-likeness (QED) is 0.793. The van der Waals surface area contributed by atoms with Gasteiger partial charge in [0.15, 0.2) is 0 Å². The number of carbonyl (C=O) groups is 1. The van der Waals surface area contributed by atoms with Gasteiger partial charge in [-0.25, -0.2) is 0 Å². The van der Waals surface area contributed by atoms with Gasteiger partial charge in [-0.1, -0.05) is 31.7 Å². The highest BCUT2D eigenvalue weighted by Crippen LogP contribution is 2.28. The highest BCUT2D eigenvalue weighted by molar-refractivity contribution is 5.92. The van der Waals surface area contributed by atoms with Gasteiger partial charge in [-0.2, -0.15) is 0 Å². The molecule has 1 aliphatic carbocycles. The number of rotatable bonds is 5. The van der Waals surface area contributed by atoms with E-state index in [0.717, 1.165) is 18.9 Å². The lowest BCUT2D eigenvalue weighted by Gasteiger charge is -2.08. The lowest BCUT2D eigenvalue weighted by Crippen LogP contribution is -2.25. The van der Waals surface area contributed by atoms with Crippen LogP contribution in [0.15, 0.2) is 24.4 Å². The third kappa shape index (κ3) is 3.84. The maximum absolute atomic E-state index is 11.7. The van der Waals surface area contributed by atoms with Gasteiger partial charge in [0, 0.05) is 12.7 Å². The minimum atomic E-state index is -0.0583. The molecule has 0 unspecified atom stereocenters. The number of nitrogens with zero attached hydrogens (tertiary/aromatic N) is 1. The predicted molar refractivity (Wildman–Crippen MR) is 67.8 cm³/mol. The molecule has 1 aromatic rings. The second-order valence-corrected chi connectivity index (χ2v) is 4.76. The molecule has 2 rings (SSSR count). The molecule has 0 saturated heterocycles. The number of aromatic nitrogens is 1. The zero-order valence-corrected chi connectivity index (χ0v) is 10.2. The van der Waals surface area contributed by atoms with Crippen LogP contribution in [0.1, 0.15) is 49.0 Å². The van der Waals surface area contributed by atoms with Crippen molar-refractivity contribution in [2.75, 3.05) is 6.54 Å². The van der Waals surface area contributed by atoms with E-state index in [0.29, 0.717) is 5.69 Å². The lowest BCUT2D eigenvalue weighted by atomic mass is 10.0. The number of pyridine rings is 1. The Bertz CT molecular complexity index is 344. The SMILES string of the molecule is O=C(NCCCC1CCCC1)c1ccccn1. The number of hydrogen-bond donors (Lipinski definition) is 1. The molecule has 3 heteroatoms. The van der Waals surface area contributed by atoms with E-state index in [-0.39, 0.29) is 5.91 Å². The first-order valence-corrected chi connectivity index (χ1v) is 6.55. The minimum absolute atomic E-state index is 0.0583. The van der Waals surface area contributed by atoms with Crippen molar-refractivity contribution in [2.24, 2.45) is 5.92 Å². The average molecular weight is 232 g/mol. The summed E-state index contributed by atoms with van der Waals surface area (Å²) in [5.41, 5.74) is 0.508. The highest BCUT2D eigenvalue weighted by atomic mass is 16.1. The Balaban J connectivity index is 1.63. The van der Waals surface area contributed by atoms with Gasteiger partial charge in [-0.15, -0.1) is 0 Å². The van der Waals surface area contributed by atoms with Crippen LogP contribution in [0.25, 0.3) is 0 Å². The van der Waals surface area contributed by atoms with Crippen molar-refractivity contribution in [1.29, 1.82) is 0 Å². The van der Waals surface area contributed by atoms with Crippen LogP contribution in [-0.4, -0.2) is 17.4 Å². The van der Waals surface area contributed by atoms with Gasteiger partial charge in [0.25, 0.3) is 5.91 Å². The smallest absolute Gasteiger partial charge is 0.269 e. The van der Waals surface area contributed by atoms with E-state index < -0.39 is 0 Å². The molecule has 0 aromatic carbocycles. The predicted octanol–water partition coefficient (Wildman–Crippen LogP) is 2.78. The molecular weight excluding hydrogens is 212 g/mol. The van der Waals surface area contributed by atoms with E-state index in [1.54, 1.807) is 12.3 Å². The van der Waals surface area contributed by atoms with E-state index in [1.165, 1.54) is 32.1 Å². The number of amides is 1. The highest BCUT2D eigenvalue weighted by Gasteiger charge is 2.14. The van der Waals surface area contributed by atoms with Crippen molar-refractivity contribution in [3.63, 3.8) is 0 Å². The van der Waals surface area contributed by atoms with Gasteiger partial charge < -0.3 is 5.32 Å². The van der Waals surface area contributed by atoms with Crippen LogP contribution in [0.3, 0.4) is 0 Å². The van der Waals surface area contributed by atoms with E-state index in [1.807, 2.05) is 12.1 Å². The molecule has 1 aromatic heterocycles. The fraction of sp³-hybridized carbons (Fsp3) is 0.571. The molecule has 17 heavy (non-hydrogen) atoms. The first-order chi connectivity index (χ1) is 8.36. The third-order valence-electron chi connectivity index (χ3n) is 3.45. The second kappa shape index (κ2) is 6.38. The summed E-state index contributed by atoms with van der Waals surface area (Å²) in [6.07, 6.45) is 9.54. The van der Waals surface area contributed by atoms with Crippen LogP contribution in [0.4, 0.5) is 0 Å². The maximum atomic E-state index is 11.7. The molecule has 1 saturated carbocycles. The number of carbonyl (C=O) groups excluding carboxylic acids is 1. The standard InChI is InChI=1S/C14H20N2O/c17-14(13-9-3-4-10-15-13)16-11-5-8-12-6-1-2-7-12/h3-4,9-10,12H,1-2,5-8,11H2,(H,16,17). The zero-order valence-electron chi connectivity index (χ0n) is 10.2. The van der Waals surface area contributed by atoms with Gasteiger partial charge in [-0.3, -0.25) is 9.78 Å². The van der Waals surface area contributed by atoms with Gasteiger partial charge in [-0.05, 0) is 30.9 Å². The Kier molecular flexibility index (Phi) is 4.54. The average Bonchev–Trinajstić information content (AvgIpc) is 2.88. The molecule has 1 N–H and O–H groups in total. The molecule has 1 amide bonds. The summed E-state index contributed by atoms with van der Waals surface area (Å²) < 4.78 is 0. The van der Waals surface area contributed by atoms with Crippen LogP contribution in [0.5, 0.6) is 0 Å². The van der Waals surface area contributed by atoms with Crippen molar-refractivity contribution in [3.8, 4) is 0 Å². The first-order valence-electron chi connectivity index (χ1n) is 6.55. The van der Waals surface area contributed by atoms with Crippen molar-refractivity contribution >= 4 is 5.91 Å². The summed E-state index contributed by atoms with van der Waals surface area (Å²) in [6, 6.07) is 5.39. The molecule has 0 atom stereocenters. The maximum Gasteiger partial charge on any atom is 0.269 e. The summed E-state index contributed by atoms with van der Waals surface area (Å²) in [5.74, 6) is 0.846. The molecule has 0 bridgehead atoms.